The summed E-state index contributed by atoms with van der Waals surface area (Å²) in [7, 11) is 0. The van der Waals surface area contributed by atoms with E-state index >= 15 is 0 Å². The number of hydrogen-bond acceptors (Lipinski definition) is 2. The van der Waals surface area contributed by atoms with Crippen molar-refractivity contribution in [1.82, 2.24) is 5.06 Å². The maximum Gasteiger partial charge on any atom is 0.0538 e. The smallest absolute Gasteiger partial charge is 0.0538 e. The Hall–Kier alpha value is -0.500. The quantitative estimate of drug-likeness (QED) is 0.557. The predicted molar refractivity (Wildman–Crippen MR) is 40.6 cm³/mol. The Bertz CT molecular complexity index is 182. The van der Waals surface area contributed by atoms with Crippen molar-refractivity contribution in [2.75, 3.05) is 6.54 Å². The first-order valence-corrected chi connectivity index (χ1v) is 3.59. The molecule has 10 heavy (non-hydrogen) atoms. The standard InChI is InChI=1S/C8H15NO/c1-6-7(2)9(10)5-8(6,3)4/h10H,5H2,1-4H3. The molecule has 0 saturated heterocycles. The summed E-state index contributed by atoms with van der Waals surface area (Å²) in [6.07, 6.45) is 0. The maximum absolute atomic E-state index is 9.28. The zero-order chi connectivity index (χ0) is 7.94. The minimum Gasteiger partial charge on any atom is -0.289 e. The van der Waals surface area contributed by atoms with Gasteiger partial charge in [0.1, 0.15) is 0 Å². The Morgan fingerprint density at radius 1 is 1.40 bits per heavy atom. The molecule has 0 bridgehead atoms. The number of hydroxylamine groups is 2. The maximum atomic E-state index is 9.28. The van der Waals surface area contributed by atoms with Crippen LogP contribution in [0, 0.1) is 5.41 Å². The summed E-state index contributed by atoms with van der Waals surface area (Å²) in [5, 5.41) is 10.6. The van der Waals surface area contributed by atoms with Crippen molar-refractivity contribution in [1.29, 1.82) is 0 Å². The van der Waals surface area contributed by atoms with Crippen LogP contribution in [0.2, 0.25) is 0 Å². The molecule has 0 atom stereocenters. The molecule has 0 radical (unpaired) electrons. The van der Waals surface area contributed by atoms with E-state index in [-0.39, 0.29) is 5.41 Å². The van der Waals surface area contributed by atoms with Crippen molar-refractivity contribution >= 4 is 0 Å². The van der Waals surface area contributed by atoms with Gasteiger partial charge in [-0.2, -0.15) is 0 Å². The van der Waals surface area contributed by atoms with Crippen LogP contribution >= 0.6 is 0 Å². The lowest BCUT2D eigenvalue weighted by Crippen LogP contribution is -2.21. The molecule has 0 amide bonds. The van der Waals surface area contributed by atoms with Crippen molar-refractivity contribution in [3.8, 4) is 0 Å². The summed E-state index contributed by atoms with van der Waals surface area (Å²) in [6, 6.07) is 0. The first-order chi connectivity index (χ1) is 4.45. The molecule has 1 aliphatic rings. The molecular formula is C8H15NO. The van der Waals surface area contributed by atoms with E-state index < -0.39 is 0 Å². The minimum atomic E-state index is 0.152. The van der Waals surface area contributed by atoms with Crippen LogP contribution in [-0.4, -0.2) is 16.8 Å². The Balaban J connectivity index is 2.95. The fourth-order valence-electron chi connectivity index (χ4n) is 1.29. The Morgan fingerprint density at radius 2 is 1.90 bits per heavy atom. The lowest BCUT2D eigenvalue weighted by Gasteiger charge is -2.19. The monoisotopic (exact) mass is 141 g/mol. The van der Waals surface area contributed by atoms with Crippen molar-refractivity contribution in [2.45, 2.75) is 27.7 Å². The molecule has 2 nitrogen and oxygen atoms in total. The van der Waals surface area contributed by atoms with Gasteiger partial charge in [-0.15, -0.1) is 0 Å². The lowest BCUT2D eigenvalue weighted by molar-refractivity contribution is -0.0577. The molecule has 0 unspecified atom stereocenters. The summed E-state index contributed by atoms with van der Waals surface area (Å²) in [5.74, 6) is 0. The normalized spacial score (nSPS) is 24.3. The van der Waals surface area contributed by atoms with Gasteiger partial charge in [-0.05, 0) is 19.4 Å². The summed E-state index contributed by atoms with van der Waals surface area (Å²) in [6.45, 7) is 9.03. The lowest BCUT2D eigenvalue weighted by atomic mass is 9.87. The zero-order valence-corrected chi connectivity index (χ0v) is 7.10. The van der Waals surface area contributed by atoms with Crippen LogP contribution in [0.4, 0.5) is 0 Å². The van der Waals surface area contributed by atoms with Gasteiger partial charge in [0.2, 0.25) is 0 Å². The number of allylic oxidation sites excluding steroid dienone is 1. The van der Waals surface area contributed by atoms with E-state index in [1.165, 1.54) is 10.6 Å². The number of hydrogen-bond donors (Lipinski definition) is 1. The van der Waals surface area contributed by atoms with E-state index in [1.807, 2.05) is 6.92 Å². The summed E-state index contributed by atoms with van der Waals surface area (Å²) < 4.78 is 0. The molecule has 1 heterocycles. The van der Waals surface area contributed by atoms with Crippen LogP contribution in [0.1, 0.15) is 27.7 Å². The molecule has 2 heteroatoms. The van der Waals surface area contributed by atoms with Crippen molar-refractivity contribution in [2.24, 2.45) is 5.41 Å². The molecule has 0 saturated carbocycles. The Kier molecular flexibility index (Phi) is 1.51. The first-order valence-electron chi connectivity index (χ1n) is 3.59. The molecule has 58 valence electrons. The van der Waals surface area contributed by atoms with Crippen LogP contribution in [-0.2, 0) is 0 Å². The average Bonchev–Trinajstić information content (AvgIpc) is 1.95. The molecule has 1 N–H and O–H groups in total. The van der Waals surface area contributed by atoms with Crippen LogP contribution in [0.25, 0.3) is 0 Å². The van der Waals surface area contributed by atoms with E-state index in [0.29, 0.717) is 0 Å². The van der Waals surface area contributed by atoms with Gasteiger partial charge < -0.3 is 0 Å². The molecular weight excluding hydrogens is 126 g/mol. The molecule has 0 aromatic heterocycles. The van der Waals surface area contributed by atoms with Gasteiger partial charge in [-0.25, -0.2) is 0 Å². The van der Waals surface area contributed by atoms with Crippen molar-refractivity contribution in [3.63, 3.8) is 0 Å². The van der Waals surface area contributed by atoms with Crippen molar-refractivity contribution in [3.05, 3.63) is 11.3 Å². The minimum absolute atomic E-state index is 0.152. The highest BCUT2D eigenvalue weighted by molar-refractivity contribution is 5.21. The predicted octanol–water partition coefficient (Wildman–Crippen LogP) is 2.01. The second kappa shape index (κ2) is 1.99. The van der Waals surface area contributed by atoms with E-state index in [0.717, 1.165) is 12.2 Å². The SMILES string of the molecule is CC1=C(C)C(C)(C)CN1O. The first kappa shape index (κ1) is 7.61. The van der Waals surface area contributed by atoms with Gasteiger partial charge in [0.25, 0.3) is 0 Å². The largest absolute Gasteiger partial charge is 0.289 e. The van der Waals surface area contributed by atoms with E-state index in [9.17, 15) is 5.21 Å². The van der Waals surface area contributed by atoms with Crippen LogP contribution in [0.3, 0.4) is 0 Å². The van der Waals surface area contributed by atoms with Gasteiger partial charge in [-0.1, -0.05) is 13.8 Å². The average molecular weight is 141 g/mol. The molecule has 0 aliphatic carbocycles. The summed E-state index contributed by atoms with van der Waals surface area (Å²) in [5.41, 5.74) is 2.44. The fraction of sp³-hybridized carbons (Fsp3) is 0.750. The highest BCUT2D eigenvalue weighted by Gasteiger charge is 2.31. The third-order valence-corrected chi connectivity index (χ3v) is 2.49. The van der Waals surface area contributed by atoms with Crippen LogP contribution in [0.5, 0.6) is 0 Å². The van der Waals surface area contributed by atoms with Gasteiger partial charge in [0, 0.05) is 11.1 Å². The topological polar surface area (TPSA) is 23.5 Å². The molecule has 1 aliphatic heterocycles. The number of nitrogens with zero attached hydrogens (tertiary/aromatic N) is 1. The summed E-state index contributed by atoms with van der Waals surface area (Å²) >= 11 is 0. The van der Waals surface area contributed by atoms with Gasteiger partial charge in [0.05, 0.1) is 6.54 Å². The third kappa shape index (κ3) is 0.926. The summed E-state index contributed by atoms with van der Waals surface area (Å²) in [4.78, 5) is 0. The highest BCUT2D eigenvalue weighted by atomic mass is 16.5. The van der Waals surface area contributed by atoms with E-state index in [4.69, 9.17) is 0 Å². The van der Waals surface area contributed by atoms with Crippen molar-refractivity contribution < 1.29 is 5.21 Å². The highest BCUT2D eigenvalue weighted by Crippen LogP contribution is 2.36. The third-order valence-electron chi connectivity index (χ3n) is 2.49. The Morgan fingerprint density at radius 3 is 2.00 bits per heavy atom. The number of rotatable bonds is 0. The van der Waals surface area contributed by atoms with Gasteiger partial charge >= 0.3 is 0 Å². The molecule has 1 rings (SSSR count). The molecule has 0 spiro atoms. The Labute approximate surface area is 62.1 Å². The molecule has 0 aromatic carbocycles. The zero-order valence-electron chi connectivity index (χ0n) is 7.10. The van der Waals surface area contributed by atoms with Gasteiger partial charge in [-0.3, -0.25) is 10.3 Å². The molecule has 0 aromatic rings. The van der Waals surface area contributed by atoms with Crippen LogP contribution < -0.4 is 0 Å². The van der Waals surface area contributed by atoms with E-state index in [1.54, 1.807) is 0 Å². The van der Waals surface area contributed by atoms with E-state index in [2.05, 4.69) is 20.8 Å². The fourth-order valence-corrected chi connectivity index (χ4v) is 1.29. The molecule has 0 fully saturated rings. The van der Waals surface area contributed by atoms with Gasteiger partial charge in [0.15, 0.2) is 0 Å². The van der Waals surface area contributed by atoms with Crippen LogP contribution in [0.15, 0.2) is 11.3 Å². The second-order valence-corrected chi connectivity index (χ2v) is 3.65. The second-order valence-electron chi connectivity index (χ2n) is 3.65.